The number of hydrogen-bond donors (Lipinski definition) is 0. The summed E-state index contributed by atoms with van der Waals surface area (Å²) in [6.07, 6.45) is 94.9. The molecule has 0 fully saturated rings. The van der Waals surface area contributed by atoms with Crippen LogP contribution in [0.1, 0.15) is 367 Å². The molecule has 0 aliphatic heterocycles. The molecule has 0 rings (SSSR count). The van der Waals surface area contributed by atoms with Crippen LogP contribution in [-0.4, -0.2) is 37.2 Å². The number of carbonyl (C=O) groups excluding carboxylic acids is 3. The van der Waals surface area contributed by atoms with Crippen molar-refractivity contribution in [1.82, 2.24) is 0 Å². The van der Waals surface area contributed by atoms with Crippen LogP contribution in [0.4, 0.5) is 0 Å². The Morgan fingerprint density at radius 2 is 0.470 bits per heavy atom. The third kappa shape index (κ3) is 69.3. The van der Waals surface area contributed by atoms with Crippen LogP contribution >= 0.6 is 0 Å². The van der Waals surface area contributed by atoms with E-state index in [1.807, 2.05) is 0 Å². The lowest BCUT2D eigenvalue weighted by molar-refractivity contribution is -0.167. The first-order valence-corrected chi connectivity index (χ1v) is 36.1. The Balaban J connectivity index is 4.19. The van der Waals surface area contributed by atoms with E-state index in [9.17, 15) is 14.4 Å². The van der Waals surface area contributed by atoms with E-state index in [0.717, 1.165) is 89.9 Å². The molecule has 0 amide bonds. The van der Waals surface area contributed by atoms with Crippen LogP contribution in [0.5, 0.6) is 0 Å². The summed E-state index contributed by atoms with van der Waals surface area (Å²) in [5, 5.41) is 0. The lowest BCUT2D eigenvalue weighted by atomic mass is 10.0. The van der Waals surface area contributed by atoms with Crippen LogP contribution in [0, 0.1) is 0 Å². The number of allylic oxidation sites excluding steroid dienone is 14. The van der Waals surface area contributed by atoms with E-state index in [0.29, 0.717) is 19.3 Å². The van der Waals surface area contributed by atoms with Gasteiger partial charge in [0.05, 0.1) is 0 Å². The molecule has 0 spiro atoms. The monoisotopic (exact) mass is 1160 g/mol. The zero-order chi connectivity index (χ0) is 59.9. The molecule has 0 aromatic heterocycles. The van der Waals surface area contributed by atoms with Crippen molar-refractivity contribution < 1.29 is 28.6 Å². The first-order valence-electron chi connectivity index (χ1n) is 36.1. The highest BCUT2D eigenvalue weighted by molar-refractivity contribution is 5.71. The Hall–Kier alpha value is -3.41. The summed E-state index contributed by atoms with van der Waals surface area (Å²) in [4.78, 5) is 38.4. The maximum absolute atomic E-state index is 12.9. The Morgan fingerprint density at radius 3 is 0.771 bits per heavy atom. The minimum atomic E-state index is -0.796. The number of rotatable bonds is 66. The summed E-state index contributed by atoms with van der Waals surface area (Å²) >= 11 is 0. The van der Waals surface area contributed by atoms with Crippen LogP contribution in [0.3, 0.4) is 0 Å². The lowest BCUT2D eigenvalue weighted by Gasteiger charge is -2.18. The fourth-order valence-electron chi connectivity index (χ4n) is 10.5. The second kappa shape index (κ2) is 71.1. The van der Waals surface area contributed by atoms with E-state index >= 15 is 0 Å². The molecule has 0 radical (unpaired) electrons. The van der Waals surface area contributed by atoms with Crippen molar-refractivity contribution in [3.63, 3.8) is 0 Å². The van der Waals surface area contributed by atoms with Gasteiger partial charge in [0.1, 0.15) is 13.2 Å². The van der Waals surface area contributed by atoms with Gasteiger partial charge in [0.2, 0.25) is 0 Å². The van der Waals surface area contributed by atoms with Gasteiger partial charge in [-0.15, -0.1) is 0 Å². The number of esters is 3. The summed E-state index contributed by atoms with van der Waals surface area (Å²) < 4.78 is 16.9. The summed E-state index contributed by atoms with van der Waals surface area (Å²) in [5.41, 5.74) is 0. The molecule has 0 aromatic rings. The molecule has 0 saturated carbocycles. The van der Waals surface area contributed by atoms with E-state index in [4.69, 9.17) is 14.2 Å². The van der Waals surface area contributed by atoms with Gasteiger partial charge in [-0.05, 0) is 116 Å². The van der Waals surface area contributed by atoms with Crippen LogP contribution in [0.15, 0.2) is 85.1 Å². The predicted octanol–water partition coefficient (Wildman–Crippen LogP) is 25.0. The molecule has 1 atom stereocenters. The van der Waals surface area contributed by atoms with Crippen LogP contribution in [0.2, 0.25) is 0 Å². The SMILES string of the molecule is CC/C=C\C/C=C\C/C=C\C/C=C\CCCCC(=O)OCC(COC(=O)CCCCCCCCCCCCCCCCCCCCCCC/C=C\C/C=C\CCCCCCC)OC(=O)CCCCCCCCC/C=C\CCCCCCCC. The van der Waals surface area contributed by atoms with Crippen LogP contribution in [0.25, 0.3) is 0 Å². The van der Waals surface area contributed by atoms with Crippen LogP contribution in [-0.2, 0) is 28.6 Å². The zero-order valence-electron chi connectivity index (χ0n) is 55.2. The van der Waals surface area contributed by atoms with Gasteiger partial charge in [0.15, 0.2) is 6.10 Å². The molecule has 0 N–H and O–H groups in total. The maximum atomic E-state index is 12.9. The van der Waals surface area contributed by atoms with Gasteiger partial charge in [0, 0.05) is 19.3 Å². The van der Waals surface area contributed by atoms with Crippen molar-refractivity contribution in [2.75, 3.05) is 13.2 Å². The fourth-order valence-corrected chi connectivity index (χ4v) is 10.5. The molecular weight excluding hydrogens is 1020 g/mol. The molecule has 6 nitrogen and oxygen atoms in total. The molecule has 6 heteroatoms. The Morgan fingerprint density at radius 1 is 0.253 bits per heavy atom. The van der Waals surface area contributed by atoms with Gasteiger partial charge in [-0.2, -0.15) is 0 Å². The van der Waals surface area contributed by atoms with Gasteiger partial charge in [-0.1, -0.05) is 318 Å². The highest BCUT2D eigenvalue weighted by Crippen LogP contribution is 2.18. The largest absolute Gasteiger partial charge is 0.462 e. The second-order valence-electron chi connectivity index (χ2n) is 24.1. The number of hydrogen-bond acceptors (Lipinski definition) is 6. The van der Waals surface area contributed by atoms with Gasteiger partial charge in [0.25, 0.3) is 0 Å². The van der Waals surface area contributed by atoms with E-state index in [-0.39, 0.29) is 31.1 Å². The number of carbonyl (C=O) groups is 3. The molecule has 480 valence electrons. The lowest BCUT2D eigenvalue weighted by Crippen LogP contribution is -2.30. The van der Waals surface area contributed by atoms with Crippen LogP contribution < -0.4 is 0 Å². The van der Waals surface area contributed by atoms with Gasteiger partial charge in [-0.25, -0.2) is 0 Å². The minimum absolute atomic E-state index is 0.0881. The summed E-state index contributed by atoms with van der Waals surface area (Å²) in [6.45, 7) is 6.52. The topological polar surface area (TPSA) is 78.9 Å². The molecule has 0 aliphatic carbocycles. The average molecular weight is 1160 g/mol. The maximum Gasteiger partial charge on any atom is 0.306 e. The molecule has 0 aliphatic rings. The highest BCUT2D eigenvalue weighted by Gasteiger charge is 2.19. The van der Waals surface area contributed by atoms with E-state index in [2.05, 4.69) is 106 Å². The molecule has 0 heterocycles. The number of unbranched alkanes of at least 4 members (excludes halogenated alkanes) is 41. The highest BCUT2D eigenvalue weighted by atomic mass is 16.6. The third-order valence-corrected chi connectivity index (χ3v) is 15.9. The molecule has 0 bridgehead atoms. The molecule has 0 saturated heterocycles. The fraction of sp³-hybridized carbons (Fsp3) is 0.779. The summed E-state index contributed by atoms with van der Waals surface area (Å²) in [7, 11) is 0. The zero-order valence-corrected chi connectivity index (χ0v) is 55.2. The molecule has 0 aromatic carbocycles. The van der Waals surface area contributed by atoms with Gasteiger partial charge in [-0.3, -0.25) is 14.4 Å². The summed E-state index contributed by atoms with van der Waals surface area (Å²) in [6, 6.07) is 0. The first-order chi connectivity index (χ1) is 41.0. The second-order valence-corrected chi connectivity index (χ2v) is 24.1. The minimum Gasteiger partial charge on any atom is -0.462 e. The van der Waals surface area contributed by atoms with Gasteiger partial charge < -0.3 is 14.2 Å². The predicted molar refractivity (Wildman–Crippen MR) is 362 cm³/mol. The standard InChI is InChI=1S/C77H136O6/c1-4-7-10-13-16-19-22-25-28-30-31-32-33-34-35-36-37-38-39-40-41-42-43-44-45-47-49-52-55-58-61-64-67-70-76(79)82-73-74(72-81-75(78)69-66-63-60-57-54-51-48-27-24-21-18-15-12-9-6-3)83-77(80)71-68-65-62-59-56-53-50-46-29-26-23-20-17-14-11-8-5-2/h9,12,18,21-22,25-27,29-31,48,54,57,74H,4-8,10-11,13-17,19-20,23-24,28,32-47,49-53,55-56,58-73H2,1-3H3/b12-9-,21-18-,25-22-,29-26-,31-30-,48-27-,57-54-. The smallest absolute Gasteiger partial charge is 0.306 e. The Labute approximate surface area is 515 Å². The van der Waals surface area contributed by atoms with E-state index < -0.39 is 6.10 Å². The van der Waals surface area contributed by atoms with E-state index in [1.54, 1.807) is 0 Å². The van der Waals surface area contributed by atoms with Crippen molar-refractivity contribution in [3.05, 3.63) is 85.1 Å². The third-order valence-electron chi connectivity index (χ3n) is 15.9. The molecule has 1 unspecified atom stereocenters. The quantitative estimate of drug-likeness (QED) is 0.0261. The Bertz CT molecular complexity index is 1570. The normalized spacial score (nSPS) is 12.6. The van der Waals surface area contributed by atoms with Crippen molar-refractivity contribution in [2.45, 2.75) is 374 Å². The van der Waals surface area contributed by atoms with Crippen molar-refractivity contribution in [1.29, 1.82) is 0 Å². The summed E-state index contributed by atoms with van der Waals surface area (Å²) in [5.74, 6) is -0.918. The van der Waals surface area contributed by atoms with Crippen molar-refractivity contribution >= 4 is 17.9 Å². The molecular formula is C77H136O6. The van der Waals surface area contributed by atoms with Gasteiger partial charge >= 0.3 is 17.9 Å². The van der Waals surface area contributed by atoms with E-state index in [1.165, 1.54) is 238 Å². The number of ether oxygens (including phenoxy) is 3. The average Bonchev–Trinajstić information content (AvgIpc) is 3.49. The molecule has 83 heavy (non-hydrogen) atoms. The van der Waals surface area contributed by atoms with Crippen molar-refractivity contribution in [3.8, 4) is 0 Å². The van der Waals surface area contributed by atoms with Crippen molar-refractivity contribution in [2.24, 2.45) is 0 Å². The first kappa shape index (κ1) is 79.6. The Kier molecular flexibility index (Phi) is 68.2.